The van der Waals surface area contributed by atoms with Gasteiger partial charge in [0, 0.05) is 19.3 Å². The van der Waals surface area contributed by atoms with Gasteiger partial charge in [0.05, 0.1) is 0 Å². The molecule has 0 radical (unpaired) electrons. The van der Waals surface area contributed by atoms with Gasteiger partial charge in [-0.1, -0.05) is 261 Å². The molecule has 0 aliphatic carbocycles. The first-order valence-electron chi connectivity index (χ1n) is 29.4. The molecule has 0 bridgehead atoms. The summed E-state index contributed by atoms with van der Waals surface area (Å²) in [6, 6.07) is 0. The minimum absolute atomic E-state index is 0.0899. The highest BCUT2D eigenvalue weighted by atomic mass is 16.6. The topological polar surface area (TPSA) is 78.9 Å². The van der Waals surface area contributed by atoms with Gasteiger partial charge in [-0.15, -0.1) is 0 Å². The van der Waals surface area contributed by atoms with Crippen LogP contribution in [0.1, 0.15) is 290 Å². The highest BCUT2D eigenvalue weighted by molar-refractivity contribution is 5.71. The smallest absolute Gasteiger partial charge is 0.306 e. The van der Waals surface area contributed by atoms with Crippen LogP contribution in [0.15, 0.2) is 72.9 Å². The Morgan fingerprint density at radius 3 is 0.899 bits per heavy atom. The number of unbranched alkanes of at least 4 members (excludes halogenated alkanes) is 30. The molecule has 0 fully saturated rings. The predicted octanol–water partition coefficient (Wildman–Crippen LogP) is 19.8. The third-order valence-corrected chi connectivity index (χ3v) is 12.7. The number of ether oxygens (including phenoxy) is 3. The maximum atomic E-state index is 12.8. The van der Waals surface area contributed by atoms with E-state index in [-0.39, 0.29) is 31.1 Å². The van der Waals surface area contributed by atoms with Crippen molar-refractivity contribution in [2.24, 2.45) is 0 Å². The Kier molecular flexibility index (Phi) is 54.8. The highest BCUT2D eigenvalue weighted by Crippen LogP contribution is 2.17. The average molecular weight is 964 g/mol. The third-order valence-electron chi connectivity index (χ3n) is 12.7. The maximum absolute atomic E-state index is 12.8. The molecule has 1 atom stereocenters. The van der Waals surface area contributed by atoms with Crippen molar-refractivity contribution < 1.29 is 28.6 Å². The second-order valence-electron chi connectivity index (χ2n) is 19.5. The monoisotopic (exact) mass is 963 g/mol. The van der Waals surface area contributed by atoms with Crippen LogP contribution in [-0.2, 0) is 28.6 Å². The lowest BCUT2D eigenvalue weighted by atomic mass is 10.0. The van der Waals surface area contributed by atoms with Crippen LogP contribution >= 0.6 is 0 Å². The summed E-state index contributed by atoms with van der Waals surface area (Å²) in [5, 5.41) is 0. The molecule has 0 aromatic carbocycles. The molecular weight excluding hydrogens is 853 g/mol. The molecule has 6 nitrogen and oxygen atoms in total. The lowest BCUT2D eigenvalue weighted by molar-refractivity contribution is -0.167. The Hall–Kier alpha value is -3.15. The van der Waals surface area contributed by atoms with Gasteiger partial charge in [-0.25, -0.2) is 0 Å². The normalized spacial score (nSPS) is 12.6. The molecular formula is C63H110O6. The van der Waals surface area contributed by atoms with E-state index in [9.17, 15) is 14.4 Å². The first-order valence-corrected chi connectivity index (χ1v) is 29.4. The molecule has 0 rings (SSSR count). The minimum atomic E-state index is -0.795. The summed E-state index contributed by atoms with van der Waals surface area (Å²) in [6.07, 6.45) is 73.4. The van der Waals surface area contributed by atoms with Crippen LogP contribution in [0, 0.1) is 0 Å². The number of carbonyl (C=O) groups excluding carboxylic acids is 3. The van der Waals surface area contributed by atoms with Gasteiger partial charge in [0.25, 0.3) is 0 Å². The van der Waals surface area contributed by atoms with Gasteiger partial charge >= 0.3 is 17.9 Å². The average Bonchev–Trinajstić information content (AvgIpc) is 3.35. The summed E-state index contributed by atoms with van der Waals surface area (Å²) in [7, 11) is 0. The third kappa shape index (κ3) is 55.6. The van der Waals surface area contributed by atoms with Gasteiger partial charge in [-0.2, -0.15) is 0 Å². The molecule has 0 aliphatic rings. The zero-order chi connectivity index (χ0) is 50.0. The number of esters is 3. The van der Waals surface area contributed by atoms with Crippen molar-refractivity contribution >= 4 is 17.9 Å². The molecule has 0 heterocycles. The predicted molar refractivity (Wildman–Crippen MR) is 298 cm³/mol. The summed E-state index contributed by atoms with van der Waals surface area (Å²) in [5.41, 5.74) is 0. The van der Waals surface area contributed by atoms with Crippen LogP contribution in [0.2, 0.25) is 0 Å². The van der Waals surface area contributed by atoms with E-state index in [1.165, 1.54) is 128 Å². The van der Waals surface area contributed by atoms with Crippen LogP contribution in [0.5, 0.6) is 0 Å². The van der Waals surface area contributed by atoms with E-state index in [2.05, 4.69) is 93.7 Å². The molecule has 0 spiro atoms. The minimum Gasteiger partial charge on any atom is -0.462 e. The van der Waals surface area contributed by atoms with Crippen LogP contribution in [-0.4, -0.2) is 37.2 Å². The fraction of sp³-hybridized carbons (Fsp3) is 0.762. The summed E-state index contributed by atoms with van der Waals surface area (Å²) in [6.45, 7) is 6.40. The van der Waals surface area contributed by atoms with Crippen LogP contribution < -0.4 is 0 Å². The van der Waals surface area contributed by atoms with E-state index in [4.69, 9.17) is 14.2 Å². The Bertz CT molecular complexity index is 1290. The molecule has 0 aliphatic heterocycles. The summed E-state index contributed by atoms with van der Waals surface area (Å²) in [4.78, 5) is 38.1. The number of hydrogen-bond donors (Lipinski definition) is 0. The molecule has 0 aromatic heterocycles. The Balaban J connectivity index is 4.31. The lowest BCUT2D eigenvalue weighted by Gasteiger charge is -2.18. The standard InChI is InChI=1S/C63H110O6/c1-4-7-10-13-16-19-22-25-27-28-29-30-31-32-33-34-36-38-41-44-47-50-53-56-62(65)68-59-60(58-67-61(64)55-52-49-46-43-40-37-24-21-18-15-12-9-6-3)69-63(66)57-54-51-48-45-42-39-35-26-23-20-17-14-11-8-5-2/h8-9,11-12,17-18,20-21,26,35,37,40,60H,4-7,10,13-16,19,22-25,27-34,36,38-39,41-59H2,1-3H3/b11-8-,12-9-,20-17-,21-18-,35-26-,40-37-. The zero-order valence-corrected chi connectivity index (χ0v) is 45.6. The molecule has 0 aromatic rings. The summed E-state index contributed by atoms with van der Waals surface area (Å²) < 4.78 is 16.8. The summed E-state index contributed by atoms with van der Waals surface area (Å²) in [5.74, 6) is -0.928. The van der Waals surface area contributed by atoms with Crippen molar-refractivity contribution in [1.29, 1.82) is 0 Å². The van der Waals surface area contributed by atoms with E-state index < -0.39 is 6.10 Å². The molecule has 1 unspecified atom stereocenters. The van der Waals surface area contributed by atoms with Crippen molar-refractivity contribution in [3.05, 3.63) is 72.9 Å². The first kappa shape index (κ1) is 65.8. The maximum Gasteiger partial charge on any atom is 0.306 e. The van der Waals surface area contributed by atoms with E-state index in [0.29, 0.717) is 19.3 Å². The quantitative estimate of drug-likeness (QED) is 0.0262. The SMILES string of the molecule is CC/C=C\C/C=C\C/C=C\CCCCCCCC(=O)OC(COC(=O)CCCCC/C=C\C/C=C\C/C=C\CC)COC(=O)CCCCCCCCCCCCCCCCCCCCCCCCC. The largest absolute Gasteiger partial charge is 0.462 e. The number of carbonyl (C=O) groups is 3. The molecule has 0 saturated carbocycles. The van der Waals surface area contributed by atoms with Gasteiger partial charge in [-0.05, 0) is 83.5 Å². The molecule has 6 heteroatoms. The fourth-order valence-corrected chi connectivity index (χ4v) is 8.36. The zero-order valence-electron chi connectivity index (χ0n) is 45.6. The Morgan fingerprint density at radius 1 is 0.304 bits per heavy atom. The van der Waals surface area contributed by atoms with Gasteiger partial charge in [0.1, 0.15) is 13.2 Å². The molecule has 69 heavy (non-hydrogen) atoms. The van der Waals surface area contributed by atoms with Gasteiger partial charge in [0.2, 0.25) is 0 Å². The van der Waals surface area contributed by atoms with Crippen molar-refractivity contribution in [3.8, 4) is 0 Å². The van der Waals surface area contributed by atoms with Crippen molar-refractivity contribution in [2.75, 3.05) is 13.2 Å². The number of rotatable bonds is 53. The van der Waals surface area contributed by atoms with Crippen LogP contribution in [0.3, 0.4) is 0 Å². The van der Waals surface area contributed by atoms with E-state index in [0.717, 1.165) is 122 Å². The number of allylic oxidation sites excluding steroid dienone is 12. The first-order chi connectivity index (χ1) is 34.0. The summed E-state index contributed by atoms with van der Waals surface area (Å²) >= 11 is 0. The number of hydrogen-bond acceptors (Lipinski definition) is 6. The molecule has 398 valence electrons. The van der Waals surface area contributed by atoms with E-state index in [1.807, 2.05) is 0 Å². The lowest BCUT2D eigenvalue weighted by Crippen LogP contribution is -2.30. The van der Waals surface area contributed by atoms with Gasteiger partial charge in [0.15, 0.2) is 6.10 Å². The van der Waals surface area contributed by atoms with Crippen molar-refractivity contribution in [1.82, 2.24) is 0 Å². The Morgan fingerprint density at radius 2 is 0.565 bits per heavy atom. The highest BCUT2D eigenvalue weighted by Gasteiger charge is 2.19. The second-order valence-corrected chi connectivity index (χ2v) is 19.5. The van der Waals surface area contributed by atoms with Crippen molar-refractivity contribution in [3.63, 3.8) is 0 Å². The van der Waals surface area contributed by atoms with Gasteiger partial charge < -0.3 is 14.2 Å². The van der Waals surface area contributed by atoms with E-state index >= 15 is 0 Å². The molecule has 0 amide bonds. The molecule has 0 N–H and O–H groups in total. The van der Waals surface area contributed by atoms with Crippen LogP contribution in [0.4, 0.5) is 0 Å². The molecule has 0 saturated heterocycles. The van der Waals surface area contributed by atoms with Crippen molar-refractivity contribution in [2.45, 2.75) is 297 Å². The van der Waals surface area contributed by atoms with Gasteiger partial charge in [-0.3, -0.25) is 14.4 Å². The fourth-order valence-electron chi connectivity index (χ4n) is 8.36. The Labute approximate surface area is 427 Å². The van der Waals surface area contributed by atoms with E-state index in [1.54, 1.807) is 0 Å². The second kappa shape index (κ2) is 57.4. The van der Waals surface area contributed by atoms with Crippen LogP contribution in [0.25, 0.3) is 0 Å².